The summed E-state index contributed by atoms with van der Waals surface area (Å²) >= 11 is 0. The van der Waals surface area contributed by atoms with Crippen LogP contribution in [0.1, 0.15) is 54.7 Å². The van der Waals surface area contributed by atoms with Gasteiger partial charge in [0.2, 0.25) is 0 Å². The predicted molar refractivity (Wildman–Crippen MR) is 186 cm³/mol. The Labute approximate surface area is 261 Å². The monoisotopic (exact) mass is 573 g/mol. The molecule has 5 aliphatic rings. The zero-order chi connectivity index (χ0) is 29.5. The third-order valence-corrected chi connectivity index (χ3v) is 9.82. The van der Waals surface area contributed by atoms with Crippen LogP contribution >= 0.6 is 0 Å². The van der Waals surface area contributed by atoms with Crippen LogP contribution in [0.15, 0.2) is 139 Å². The maximum Gasteiger partial charge on any atom is 0.0629 e. The second-order valence-electron chi connectivity index (χ2n) is 12.4. The molecule has 0 radical (unpaired) electrons. The van der Waals surface area contributed by atoms with Crippen molar-refractivity contribution >= 4 is 22.6 Å². The summed E-state index contributed by atoms with van der Waals surface area (Å²) in [7, 11) is 0. The van der Waals surface area contributed by atoms with E-state index in [-0.39, 0.29) is 12.0 Å². The van der Waals surface area contributed by atoms with E-state index in [0.717, 1.165) is 44.3 Å². The summed E-state index contributed by atoms with van der Waals surface area (Å²) in [6, 6.07) is 22.5. The first kappa shape index (κ1) is 26.8. The van der Waals surface area contributed by atoms with Gasteiger partial charge in [0.25, 0.3) is 0 Å². The molecular weight excluding hydrogens is 534 g/mol. The summed E-state index contributed by atoms with van der Waals surface area (Å²) in [6.45, 7) is 0.991. The number of benzene rings is 3. The molecule has 0 fully saturated rings. The highest BCUT2D eigenvalue weighted by molar-refractivity contribution is 5.95. The number of para-hydroxylation sites is 2. The van der Waals surface area contributed by atoms with Crippen LogP contribution in [0.3, 0.4) is 0 Å². The summed E-state index contributed by atoms with van der Waals surface area (Å²) in [5.41, 5.74) is 21.0. The Morgan fingerprint density at radius 1 is 0.818 bits per heavy atom. The van der Waals surface area contributed by atoms with Crippen molar-refractivity contribution < 1.29 is 0 Å². The second-order valence-corrected chi connectivity index (χ2v) is 12.4. The van der Waals surface area contributed by atoms with Gasteiger partial charge in [-0.3, -0.25) is 0 Å². The quantitative estimate of drug-likeness (QED) is 0.337. The molecule has 0 saturated carbocycles. The number of hydrogen-bond donors (Lipinski definition) is 1. The molecule has 0 spiro atoms. The van der Waals surface area contributed by atoms with Gasteiger partial charge in [-0.25, -0.2) is 0 Å². The lowest BCUT2D eigenvalue weighted by Crippen LogP contribution is -2.37. The minimum Gasteiger partial charge on any atom is -0.403 e. The third kappa shape index (κ3) is 4.50. The zero-order valence-electron chi connectivity index (χ0n) is 25.2. The molecule has 3 aromatic carbocycles. The van der Waals surface area contributed by atoms with Crippen molar-refractivity contribution in [3.8, 4) is 11.1 Å². The summed E-state index contributed by atoms with van der Waals surface area (Å²) in [5.74, 6) is 0.167. The average molecular weight is 574 g/mol. The molecule has 3 nitrogen and oxygen atoms in total. The highest BCUT2D eigenvalue weighted by Crippen LogP contribution is 2.53. The highest BCUT2D eigenvalue weighted by Gasteiger charge is 2.39. The summed E-state index contributed by atoms with van der Waals surface area (Å²) < 4.78 is 0. The molecule has 0 bridgehead atoms. The van der Waals surface area contributed by atoms with E-state index in [9.17, 15) is 0 Å². The molecule has 218 valence electrons. The number of nitrogens with two attached hydrogens (primary N) is 1. The van der Waals surface area contributed by atoms with Crippen molar-refractivity contribution in [3.63, 3.8) is 0 Å². The minimum atomic E-state index is 0.0956. The van der Waals surface area contributed by atoms with E-state index in [1.807, 2.05) is 6.20 Å². The first-order valence-corrected chi connectivity index (χ1v) is 16.2. The molecule has 2 N–H and O–H groups in total. The van der Waals surface area contributed by atoms with Gasteiger partial charge in [0, 0.05) is 41.3 Å². The van der Waals surface area contributed by atoms with Gasteiger partial charge >= 0.3 is 0 Å². The number of nitrogens with zero attached hydrogens (tertiary/aromatic N) is 2. The maximum absolute atomic E-state index is 6.52. The highest BCUT2D eigenvalue weighted by atomic mass is 15.2. The molecule has 44 heavy (non-hydrogen) atoms. The van der Waals surface area contributed by atoms with Crippen molar-refractivity contribution in [3.05, 3.63) is 156 Å². The fourth-order valence-corrected chi connectivity index (χ4v) is 7.88. The molecule has 8 rings (SSSR count). The Bertz CT molecular complexity index is 1810. The molecule has 0 saturated heterocycles. The van der Waals surface area contributed by atoms with Crippen molar-refractivity contribution in [1.29, 1.82) is 0 Å². The average Bonchev–Trinajstić information content (AvgIpc) is 3.47. The fraction of sp³-hybridized carbons (Fsp3) is 0.220. The summed E-state index contributed by atoms with van der Waals surface area (Å²) in [4.78, 5) is 5.03. The molecule has 0 amide bonds. The van der Waals surface area contributed by atoms with Gasteiger partial charge in [-0.15, -0.1) is 0 Å². The van der Waals surface area contributed by atoms with Crippen LogP contribution in [0.5, 0.6) is 0 Å². The van der Waals surface area contributed by atoms with E-state index in [0.29, 0.717) is 0 Å². The summed E-state index contributed by atoms with van der Waals surface area (Å²) in [6.07, 6.45) is 31.8. The van der Waals surface area contributed by atoms with E-state index < -0.39 is 0 Å². The van der Waals surface area contributed by atoms with Crippen LogP contribution in [-0.2, 0) is 6.42 Å². The van der Waals surface area contributed by atoms with Crippen molar-refractivity contribution in [2.75, 3.05) is 16.3 Å². The van der Waals surface area contributed by atoms with Crippen molar-refractivity contribution in [2.24, 2.45) is 5.73 Å². The smallest absolute Gasteiger partial charge is 0.0629 e. The van der Waals surface area contributed by atoms with Crippen LogP contribution in [0.4, 0.5) is 17.1 Å². The largest absolute Gasteiger partial charge is 0.403 e. The van der Waals surface area contributed by atoms with Gasteiger partial charge in [0.05, 0.1) is 11.7 Å². The van der Waals surface area contributed by atoms with Crippen LogP contribution in [0, 0.1) is 0 Å². The van der Waals surface area contributed by atoms with E-state index in [4.69, 9.17) is 5.73 Å². The fourth-order valence-electron chi connectivity index (χ4n) is 7.88. The third-order valence-electron chi connectivity index (χ3n) is 9.82. The van der Waals surface area contributed by atoms with E-state index >= 15 is 0 Å². The molecule has 0 aromatic heterocycles. The predicted octanol–water partition coefficient (Wildman–Crippen LogP) is 9.65. The van der Waals surface area contributed by atoms with Crippen molar-refractivity contribution in [2.45, 2.75) is 50.5 Å². The lowest BCUT2D eigenvalue weighted by atomic mass is 9.77. The number of fused-ring (bicyclic) bond motifs is 6. The number of hydrogen-bond acceptors (Lipinski definition) is 3. The lowest BCUT2D eigenvalue weighted by molar-refractivity contribution is 0.679. The minimum absolute atomic E-state index is 0.0956. The van der Waals surface area contributed by atoms with E-state index in [1.54, 1.807) is 0 Å². The zero-order valence-corrected chi connectivity index (χ0v) is 25.2. The number of allylic oxidation sites excluding steroid dienone is 10. The molecule has 2 unspecified atom stereocenters. The van der Waals surface area contributed by atoms with Gasteiger partial charge in [0.15, 0.2) is 0 Å². The number of anilines is 3. The van der Waals surface area contributed by atoms with Crippen LogP contribution in [-0.4, -0.2) is 12.6 Å². The Morgan fingerprint density at radius 2 is 1.66 bits per heavy atom. The number of rotatable bonds is 4. The van der Waals surface area contributed by atoms with E-state index in [2.05, 4.69) is 131 Å². The Balaban J connectivity index is 1.41. The Hall–Kier alpha value is -4.76. The molecule has 2 heterocycles. The van der Waals surface area contributed by atoms with Gasteiger partial charge in [-0.1, -0.05) is 91.1 Å². The first-order valence-electron chi connectivity index (χ1n) is 16.2. The topological polar surface area (TPSA) is 32.5 Å². The molecule has 2 atom stereocenters. The molecule has 3 heteroatoms. The Morgan fingerprint density at radius 3 is 2.48 bits per heavy atom. The van der Waals surface area contributed by atoms with Gasteiger partial charge in [0.1, 0.15) is 0 Å². The van der Waals surface area contributed by atoms with Crippen LogP contribution < -0.4 is 15.5 Å². The van der Waals surface area contributed by atoms with Crippen molar-refractivity contribution in [1.82, 2.24) is 0 Å². The molecule has 3 aromatic rings. The Kier molecular flexibility index (Phi) is 6.95. The first-order chi connectivity index (χ1) is 21.8. The molecule has 3 aliphatic carbocycles. The maximum atomic E-state index is 6.52. The van der Waals surface area contributed by atoms with E-state index in [1.165, 1.54) is 62.4 Å². The molecule has 2 aliphatic heterocycles. The van der Waals surface area contributed by atoms with Gasteiger partial charge < -0.3 is 15.5 Å². The van der Waals surface area contributed by atoms with Gasteiger partial charge in [-0.2, -0.15) is 0 Å². The lowest BCUT2D eigenvalue weighted by Gasteiger charge is -2.37. The second kappa shape index (κ2) is 11.4. The van der Waals surface area contributed by atoms with Crippen LogP contribution in [0.2, 0.25) is 0 Å². The standard InChI is InChI=1S/C41H39N3/c42-28-32(26-29-14-4-1-5-15-29)44-37-22-12-10-20-33(37)36-27-39-35(24-25-43(39)31-18-8-3-9-19-31)40(30-16-6-2-7-17-30)41(36)34-21-11-13-23-38(34)44/h3-4,6,8-14,16-23,26-28,34,38H,1-2,5,7,15,24-25,42H2/b29-26-,32-28+. The molecular formula is C41H39N3. The normalized spacial score (nSPS) is 22.8. The summed E-state index contributed by atoms with van der Waals surface area (Å²) in [5, 5.41) is 0. The van der Waals surface area contributed by atoms with Crippen LogP contribution in [0.25, 0.3) is 16.7 Å². The van der Waals surface area contributed by atoms with Gasteiger partial charge in [-0.05, 0) is 102 Å². The SMILES string of the molecule is N/C=C(\C=C1\C=CCCC1)N1c2ccccc2-c2cc3c(c(C4=CCCC=C4)c2C2C=CC=CC21)CCN3c1ccccc1.